The summed E-state index contributed by atoms with van der Waals surface area (Å²) in [6.45, 7) is 6.65. The molecule has 1 saturated heterocycles. The Hall–Kier alpha value is -0.620. The molecule has 21 heavy (non-hydrogen) atoms. The van der Waals surface area contributed by atoms with Crippen LogP contribution in [0.15, 0.2) is 23.1 Å². The van der Waals surface area contributed by atoms with E-state index in [1.807, 2.05) is 6.92 Å². The minimum Gasteiger partial charge on any atom is -0.316 e. The molecule has 4 nitrogen and oxygen atoms in total. The van der Waals surface area contributed by atoms with Crippen LogP contribution in [-0.2, 0) is 10.0 Å². The fourth-order valence-corrected chi connectivity index (χ4v) is 4.77. The number of nitrogens with zero attached hydrogens (tertiary/aromatic N) is 1. The summed E-state index contributed by atoms with van der Waals surface area (Å²) < 4.78 is 27.3. The molecule has 0 aliphatic carbocycles. The van der Waals surface area contributed by atoms with Crippen molar-refractivity contribution in [2.75, 3.05) is 26.2 Å². The Morgan fingerprint density at radius 2 is 2.19 bits per heavy atom. The van der Waals surface area contributed by atoms with Gasteiger partial charge in [-0.25, -0.2) is 8.42 Å². The summed E-state index contributed by atoms with van der Waals surface area (Å²) in [6, 6.07) is 5.02. The lowest BCUT2D eigenvalue weighted by molar-refractivity contribution is 0.297. The third kappa shape index (κ3) is 3.97. The van der Waals surface area contributed by atoms with Crippen LogP contribution in [0.3, 0.4) is 0 Å². The number of hydrogen-bond donors (Lipinski definition) is 1. The SMILES string of the molecule is CCN(CC1CCCNC1)S(=O)(=O)c1cc(Cl)ccc1C. The molecule has 1 aromatic rings. The van der Waals surface area contributed by atoms with Gasteiger partial charge in [-0.15, -0.1) is 0 Å². The van der Waals surface area contributed by atoms with Gasteiger partial charge in [-0.05, 0) is 56.5 Å². The number of aryl methyl sites for hydroxylation is 1. The third-order valence-corrected chi connectivity index (χ3v) is 6.30. The molecule has 0 bridgehead atoms. The van der Waals surface area contributed by atoms with Crippen LogP contribution in [0, 0.1) is 12.8 Å². The fraction of sp³-hybridized carbons (Fsp3) is 0.600. The summed E-state index contributed by atoms with van der Waals surface area (Å²) in [4.78, 5) is 0.320. The second kappa shape index (κ2) is 7.09. The average molecular weight is 331 g/mol. The van der Waals surface area contributed by atoms with Crippen molar-refractivity contribution in [1.82, 2.24) is 9.62 Å². The first kappa shape index (κ1) is 16.7. The van der Waals surface area contributed by atoms with Crippen LogP contribution >= 0.6 is 11.6 Å². The van der Waals surface area contributed by atoms with Crippen molar-refractivity contribution >= 4 is 21.6 Å². The first-order chi connectivity index (χ1) is 9.95. The van der Waals surface area contributed by atoms with Gasteiger partial charge >= 0.3 is 0 Å². The van der Waals surface area contributed by atoms with Crippen molar-refractivity contribution in [3.05, 3.63) is 28.8 Å². The number of rotatable bonds is 5. The zero-order valence-electron chi connectivity index (χ0n) is 12.6. The Balaban J connectivity index is 2.24. The third-order valence-electron chi connectivity index (χ3n) is 3.98. The van der Waals surface area contributed by atoms with E-state index < -0.39 is 10.0 Å². The number of halogens is 1. The molecule has 0 spiro atoms. The van der Waals surface area contributed by atoms with Gasteiger partial charge in [0.25, 0.3) is 0 Å². The molecular formula is C15H23ClN2O2S. The predicted molar refractivity (Wildman–Crippen MR) is 86.2 cm³/mol. The molecule has 1 N–H and O–H groups in total. The molecule has 1 atom stereocenters. The Morgan fingerprint density at radius 1 is 1.43 bits per heavy atom. The molecule has 1 aliphatic rings. The van der Waals surface area contributed by atoms with Crippen LogP contribution in [-0.4, -0.2) is 38.9 Å². The van der Waals surface area contributed by atoms with Crippen LogP contribution in [0.2, 0.25) is 5.02 Å². The van der Waals surface area contributed by atoms with E-state index >= 15 is 0 Å². The van der Waals surface area contributed by atoms with Crippen molar-refractivity contribution in [2.45, 2.75) is 31.6 Å². The quantitative estimate of drug-likeness (QED) is 0.903. The van der Waals surface area contributed by atoms with Gasteiger partial charge in [-0.3, -0.25) is 0 Å². The molecule has 6 heteroatoms. The molecule has 1 aliphatic heterocycles. The zero-order valence-corrected chi connectivity index (χ0v) is 14.2. The molecule has 0 aromatic heterocycles. The molecule has 0 saturated carbocycles. The Kier molecular flexibility index (Phi) is 5.66. The maximum atomic E-state index is 12.9. The highest BCUT2D eigenvalue weighted by Gasteiger charge is 2.28. The minimum atomic E-state index is -3.48. The maximum absolute atomic E-state index is 12.9. The van der Waals surface area contributed by atoms with E-state index in [0.717, 1.165) is 31.5 Å². The van der Waals surface area contributed by atoms with Gasteiger partial charge in [0.05, 0.1) is 4.90 Å². The highest BCUT2D eigenvalue weighted by atomic mass is 35.5. The van der Waals surface area contributed by atoms with Crippen molar-refractivity contribution in [3.8, 4) is 0 Å². The number of nitrogens with one attached hydrogen (secondary N) is 1. The minimum absolute atomic E-state index is 0.320. The first-order valence-corrected chi connectivity index (χ1v) is 9.24. The molecule has 0 radical (unpaired) electrons. The van der Waals surface area contributed by atoms with Gasteiger partial charge in [0.15, 0.2) is 0 Å². The summed E-state index contributed by atoms with van der Waals surface area (Å²) >= 11 is 5.97. The lowest BCUT2D eigenvalue weighted by atomic mass is 10.00. The Morgan fingerprint density at radius 3 is 2.81 bits per heavy atom. The molecule has 0 amide bonds. The Bertz CT molecular complexity index is 583. The summed E-state index contributed by atoms with van der Waals surface area (Å²) in [5.41, 5.74) is 0.736. The van der Waals surface area contributed by atoms with Crippen molar-refractivity contribution in [2.24, 2.45) is 5.92 Å². The van der Waals surface area contributed by atoms with E-state index in [9.17, 15) is 8.42 Å². The van der Waals surface area contributed by atoms with E-state index in [-0.39, 0.29) is 0 Å². The van der Waals surface area contributed by atoms with E-state index in [2.05, 4.69) is 5.32 Å². The smallest absolute Gasteiger partial charge is 0.243 e. The summed E-state index contributed by atoms with van der Waals surface area (Å²) in [6.07, 6.45) is 2.19. The maximum Gasteiger partial charge on any atom is 0.243 e. The van der Waals surface area contributed by atoms with E-state index in [0.29, 0.717) is 28.9 Å². The van der Waals surface area contributed by atoms with Gasteiger partial charge < -0.3 is 5.32 Å². The van der Waals surface area contributed by atoms with E-state index in [1.165, 1.54) is 0 Å². The number of benzene rings is 1. The van der Waals surface area contributed by atoms with Gasteiger partial charge in [0, 0.05) is 18.1 Å². The number of sulfonamides is 1. The lowest BCUT2D eigenvalue weighted by Gasteiger charge is -2.29. The molecule has 1 fully saturated rings. The van der Waals surface area contributed by atoms with E-state index in [1.54, 1.807) is 29.4 Å². The van der Waals surface area contributed by atoms with Crippen molar-refractivity contribution in [1.29, 1.82) is 0 Å². The van der Waals surface area contributed by atoms with E-state index in [4.69, 9.17) is 11.6 Å². The van der Waals surface area contributed by atoms with Crippen molar-refractivity contribution in [3.63, 3.8) is 0 Å². The van der Waals surface area contributed by atoms with Crippen LogP contribution in [0.4, 0.5) is 0 Å². The monoisotopic (exact) mass is 330 g/mol. The second-order valence-electron chi connectivity index (χ2n) is 5.58. The number of piperidine rings is 1. The summed E-state index contributed by atoms with van der Waals surface area (Å²) in [5.74, 6) is 0.382. The second-order valence-corrected chi connectivity index (χ2v) is 7.92. The van der Waals surface area contributed by atoms with Gasteiger partial charge in [0.1, 0.15) is 0 Å². The number of hydrogen-bond acceptors (Lipinski definition) is 3. The predicted octanol–water partition coefficient (Wildman–Crippen LogP) is 2.66. The zero-order chi connectivity index (χ0) is 15.5. The molecule has 118 valence electrons. The van der Waals surface area contributed by atoms with Gasteiger partial charge in [-0.2, -0.15) is 4.31 Å². The normalized spacial score (nSPS) is 19.9. The average Bonchev–Trinajstić information content (AvgIpc) is 2.48. The largest absolute Gasteiger partial charge is 0.316 e. The van der Waals surface area contributed by atoms with Crippen LogP contribution in [0.1, 0.15) is 25.3 Å². The molecular weight excluding hydrogens is 308 g/mol. The van der Waals surface area contributed by atoms with Crippen molar-refractivity contribution < 1.29 is 8.42 Å². The Labute approximate surface area is 132 Å². The van der Waals surface area contributed by atoms with Crippen LogP contribution in [0.25, 0.3) is 0 Å². The van der Waals surface area contributed by atoms with Gasteiger partial charge in [0.2, 0.25) is 10.0 Å². The molecule has 2 rings (SSSR count). The highest BCUT2D eigenvalue weighted by Crippen LogP contribution is 2.25. The van der Waals surface area contributed by atoms with Gasteiger partial charge in [-0.1, -0.05) is 24.6 Å². The van der Waals surface area contributed by atoms with Crippen LogP contribution in [0.5, 0.6) is 0 Å². The standard InChI is InChI=1S/C15H23ClN2O2S/c1-3-18(11-13-5-4-8-17-10-13)21(19,20)15-9-14(16)7-6-12(15)2/h6-7,9,13,17H,3-5,8,10-11H2,1-2H3. The summed E-state index contributed by atoms with van der Waals surface area (Å²) in [5, 5.41) is 3.79. The summed E-state index contributed by atoms with van der Waals surface area (Å²) in [7, 11) is -3.48. The molecule has 1 heterocycles. The topological polar surface area (TPSA) is 49.4 Å². The highest BCUT2D eigenvalue weighted by molar-refractivity contribution is 7.89. The lowest BCUT2D eigenvalue weighted by Crippen LogP contribution is -2.41. The fourth-order valence-electron chi connectivity index (χ4n) is 2.76. The van der Waals surface area contributed by atoms with Crippen LogP contribution < -0.4 is 5.32 Å². The first-order valence-electron chi connectivity index (χ1n) is 7.42. The molecule has 1 unspecified atom stereocenters. The molecule has 1 aromatic carbocycles.